The molecule has 2 nitrogen and oxygen atoms in total. The van der Waals surface area contributed by atoms with Gasteiger partial charge in [0.1, 0.15) is 0 Å². The van der Waals surface area contributed by atoms with E-state index in [0.29, 0.717) is 16.6 Å². The number of nitrogens with zero attached hydrogens (tertiary/aromatic N) is 1. The second kappa shape index (κ2) is 5.39. The average Bonchev–Trinajstić information content (AvgIpc) is 2.33. The van der Waals surface area contributed by atoms with Gasteiger partial charge in [-0.05, 0) is 30.7 Å². The Kier molecular flexibility index (Phi) is 3.87. The van der Waals surface area contributed by atoms with Gasteiger partial charge in [-0.2, -0.15) is 0 Å². The zero-order chi connectivity index (χ0) is 12.3. The van der Waals surface area contributed by atoms with Crippen molar-refractivity contribution >= 4 is 28.9 Å². The van der Waals surface area contributed by atoms with Gasteiger partial charge in [0.05, 0.1) is 28.0 Å². The van der Waals surface area contributed by atoms with Crippen molar-refractivity contribution in [3.05, 3.63) is 57.8 Å². The Hall–Kier alpha value is -1.25. The lowest BCUT2D eigenvalue weighted by Crippen LogP contribution is -2.02. The van der Waals surface area contributed by atoms with Gasteiger partial charge in [0, 0.05) is 6.20 Å². The molecule has 0 saturated heterocycles. The molecule has 17 heavy (non-hydrogen) atoms. The Labute approximate surface area is 111 Å². The molecule has 0 radical (unpaired) electrons. The highest BCUT2D eigenvalue weighted by Gasteiger charge is 2.03. The molecule has 1 N–H and O–H groups in total. The van der Waals surface area contributed by atoms with Crippen LogP contribution in [0.2, 0.25) is 10.0 Å². The molecular weight excluding hydrogens is 255 g/mol. The monoisotopic (exact) mass is 266 g/mol. The van der Waals surface area contributed by atoms with Crippen LogP contribution in [0, 0.1) is 6.92 Å². The van der Waals surface area contributed by atoms with Crippen LogP contribution in [0.15, 0.2) is 36.5 Å². The molecule has 0 amide bonds. The third kappa shape index (κ3) is 3.11. The number of rotatable bonds is 3. The Morgan fingerprint density at radius 2 is 2.00 bits per heavy atom. The first kappa shape index (κ1) is 12.2. The molecule has 88 valence electrons. The molecule has 0 unspecified atom stereocenters. The highest BCUT2D eigenvalue weighted by molar-refractivity contribution is 6.43. The minimum Gasteiger partial charge on any atom is -0.378 e. The molecule has 2 rings (SSSR count). The molecule has 0 saturated carbocycles. The second-order valence-electron chi connectivity index (χ2n) is 3.78. The lowest BCUT2D eigenvalue weighted by molar-refractivity contribution is 1.04. The van der Waals surface area contributed by atoms with Crippen molar-refractivity contribution in [2.75, 3.05) is 5.32 Å². The van der Waals surface area contributed by atoms with Crippen molar-refractivity contribution in [3.63, 3.8) is 0 Å². The average molecular weight is 267 g/mol. The number of aryl methyl sites for hydroxylation is 1. The number of anilines is 1. The number of aromatic nitrogens is 1. The summed E-state index contributed by atoms with van der Waals surface area (Å²) in [6.07, 6.45) is 1.84. The Morgan fingerprint density at radius 1 is 1.18 bits per heavy atom. The third-order valence-corrected chi connectivity index (χ3v) is 3.20. The summed E-state index contributed by atoms with van der Waals surface area (Å²) in [4.78, 5) is 4.31. The highest BCUT2D eigenvalue weighted by atomic mass is 35.5. The van der Waals surface area contributed by atoms with Crippen LogP contribution >= 0.6 is 23.2 Å². The molecule has 0 bridgehead atoms. The summed E-state index contributed by atoms with van der Waals surface area (Å²) >= 11 is 12.0. The van der Waals surface area contributed by atoms with Gasteiger partial charge in [0.15, 0.2) is 0 Å². The zero-order valence-electron chi connectivity index (χ0n) is 9.37. The lowest BCUT2D eigenvalue weighted by atomic mass is 10.2. The number of halogens is 2. The fourth-order valence-corrected chi connectivity index (χ4v) is 1.80. The van der Waals surface area contributed by atoms with Crippen LogP contribution in [0.4, 0.5) is 5.69 Å². The van der Waals surface area contributed by atoms with Crippen molar-refractivity contribution in [2.45, 2.75) is 13.5 Å². The first-order valence-corrected chi connectivity index (χ1v) is 6.02. The SMILES string of the molecule is Cc1ccc(CNc2cccc(Cl)c2Cl)nc1. The summed E-state index contributed by atoms with van der Waals surface area (Å²) in [7, 11) is 0. The van der Waals surface area contributed by atoms with Crippen LogP contribution < -0.4 is 5.32 Å². The molecule has 1 heterocycles. The van der Waals surface area contributed by atoms with Gasteiger partial charge in [-0.3, -0.25) is 4.98 Å². The molecule has 0 aliphatic carbocycles. The number of hydrogen-bond acceptors (Lipinski definition) is 2. The van der Waals surface area contributed by atoms with Crippen molar-refractivity contribution in [1.29, 1.82) is 0 Å². The summed E-state index contributed by atoms with van der Waals surface area (Å²) < 4.78 is 0. The van der Waals surface area contributed by atoms with Gasteiger partial charge in [0.25, 0.3) is 0 Å². The van der Waals surface area contributed by atoms with Crippen molar-refractivity contribution < 1.29 is 0 Å². The largest absolute Gasteiger partial charge is 0.378 e. The molecule has 2 aromatic rings. The van der Waals surface area contributed by atoms with E-state index in [1.54, 1.807) is 6.07 Å². The minimum absolute atomic E-state index is 0.543. The van der Waals surface area contributed by atoms with E-state index in [1.807, 2.05) is 37.4 Å². The quantitative estimate of drug-likeness (QED) is 0.896. The molecule has 4 heteroatoms. The summed E-state index contributed by atoms with van der Waals surface area (Å²) in [5, 5.41) is 4.30. The van der Waals surface area contributed by atoms with Gasteiger partial charge in [-0.25, -0.2) is 0 Å². The van der Waals surface area contributed by atoms with E-state index >= 15 is 0 Å². The Bertz CT molecular complexity index is 509. The standard InChI is InChI=1S/C13H12Cl2N2/c1-9-5-6-10(16-7-9)8-17-12-4-2-3-11(14)13(12)15/h2-7,17H,8H2,1H3. The predicted molar refractivity (Wildman–Crippen MR) is 72.8 cm³/mol. The Morgan fingerprint density at radius 3 is 2.71 bits per heavy atom. The number of pyridine rings is 1. The van der Waals surface area contributed by atoms with Gasteiger partial charge in [-0.15, -0.1) is 0 Å². The van der Waals surface area contributed by atoms with E-state index in [-0.39, 0.29) is 0 Å². The van der Waals surface area contributed by atoms with Crippen LogP contribution in [0.3, 0.4) is 0 Å². The zero-order valence-corrected chi connectivity index (χ0v) is 10.9. The summed E-state index contributed by atoms with van der Waals surface area (Å²) in [6, 6.07) is 9.53. The Balaban J connectivity index is 2.07. The van der Waals surface area contributed by atoms with Gasteiger partial charge in [-0.1, -0.05) is 35.3 Å². The second-order valence-corrected chi connectivity index (χ2v) is 4.57. The fourth-order valence-electron chi connectivity index (χ4n) is 1.43. The molecular formula is C13H12Cl2N2. The minimum atomic E-state index is 0.543. The van der Waals surface area contributed by atoms with Crippen LogP contribution in [0.1, 0.15) is 11.3 Å². The van der Waals surface area contributed by atoms with E-state index in [2.05, 4.69) is 10.3 Å². The molecule has 1 aromatic carbocycles. The van der Waals surface area contributed by atoms with E-state index in [4.69, 9.17) is 23.2 Å². The van der Waals surface area contributed by atoms with Gasteiger partial charge < -0.3 is 5.32 Å². The van der Waals surface area contributed by atoms with Crippen molar-refractivity contribution in [3.8, 4) is 0 Å². The third-order valence-electron chi connectivity index (χ3n) is 2.38. The maximum atomic E-state index is 6.07. The molecule has 0 atom stereocenters. The molecule has 0 spiro atoms. The highest BCUT2D eigenvalue weighted by Crippen LogP contribution is 2.29. The lowest BCUT2D eigenvalue weighted by Gasteiger charge is -2.08. The molecule has 0 aliphatic rings. The smallest absolute Gasteiger partial charge is 0.0823 e. The van der Waals surface area contributed by atoms with E-state index < -0.39 is 0 Å². The van der Waals surface area contributed by atoms with E-state index in [0.717, 1.165) is 16.9 Å². The molecule has 1 aromatic heterocycles. The number of benzene rings is 1. The normalized spacial score (nSPS) is 10.3. The summed E-state index contributed by atoms with van der Waals surface area (Å²) in [5.74, 6) is 0. The maximum absolute atomic E-state index is 6.07. The molecule has 0 aliphatic heterocycles. The van der Waals surface area contributed by atoms with Crippen LogP contribution in [-0.2, 0) is 6.54 Å². The van der Waals surface area contributed by atoms with Crippen LogP contribution in [0.25, 0.3) is 0 Å². The van der Waals surface area contributed by atoms with Crippen LogP contribution in [0.5, 0.6) is 0 Å². The number of hydrogen-bond donors (Lipinski definition) is 1. The predicted octanol–water partition coefficient (Wildman–Crippen LogP) is 4.31. The van der Waals surface area contributed by atoms with Crippen molar-refractivity contribution in [1.82, 2.24) is 4.98 Å². The summed E-state index contributed by atoms with van der Waals surface area (Å²) in [5.41, 5.74) is 2.93. The maximum Gasteiger partial charge on any atom is 0.0823 e. The van der Waals surface area contributed by atoms with E-state index in [9.17, 15) is 0 Å². The van der Waals surface area contributed by atoms with Crippen LogP contribution in [-0.4, -0.2) is 4.98 Å². The van der Waals surface area contributed by atoms with Gasteiger partial charge >= 0.3 is 0 Å². The first-order valence-electron chi connectivity index (χ1n) is 5.26. The van der Waals surface area contributed by atoms with E-state index in [1.165, 1.54) is 0 Å². The molecule has 0 fully saturated rings. The fraction of sp³-hybridized carbons (Fsp3) is 0.154. The number of nitrogens with one attached hydrogen (secondary N) is 1. The van der Waals surface area contributed by atoms with Gasteiger partial charge in [0.2, 0.25) is 0 Å². The topological polar surface area (TPSA) is 24.9 Å². The van der Waals surface area contributed by atoms with Crippen molar-refractivity contribution in [2.24, 2.45) is 0 Å². The summed E-state index contributed by atoms with van der Waals surface area (Å²) in [6.45, 7) is 2.64. The first-order chi connectivity index (χ1) is 8.16.